The summed E-state index contributed by atoms with van der Waals surface area (Å²) in [7, 11) is 0. The molecule has 0 spiro atoms. The predicted molar refractivity (Wildman–Crippen MR) is 81.7 cm³/mol. The highest BCUT2D eigenvalue weighted by Gasteiger charge is 2.17. The van der Waals surface area contributed by atoms with Crippen LogP contribution < -0.4 is 0 Å². The minimum atomic E-state index is -0.937. The van der Waals surface area contributed by atoms with Crippen LogP contribution in [0.15, 0.2) is 65.4 Å². The Bertz CT molecular complexity index is 758. The van der Waals surface area contributed by atoms with E-state index in [1.54, 1.807) is 29.2 Å². The maximum absolute atomic E-state index is 13.5. The molecule has 1 N–H and O–H groups in total. The first-order valence-corrected chi connectivity index (χ1v) is 7.18. The number of hydrogen-bond donors (Lipinski definition) is 1. The second kappa shape index (κ2) is 5.79. The fourth-order valence-electron chi connectivity index (χ4n) is 2.11. The van der Waals surface area contributed by atoms with Crippen LogP contribution in [-0.2, 0) is 0 Å². The minimum absolute atomic E-state index is 0.268. The van der Waals surface area contributed by atoms with Gasteiger partial charge in [-0.05, 0) is 34.1 Å². The first kappa shape index (κ1) is 14.0. The van der Waals surface area contributed by atoms with E-state index in [0.717, 1.165) is 5.69 Å². The summed E-state index contributed by atoms with van der Waals surface area (Å²) in [5, 5.41) is 14.6. The van der Waals surface area contributed by atoms with Gasteiger partial charge in [-0.15, -0.1) is 0 Å². The lowest BCUT2D eigenvalue weighted by atomic mass is 10.0. The molecule has 1 atom stereocenters. The number of aliphatic hydroxyl groups is 1. The fourth-order valence-corrected chi connectivity index (χ4v) is 2.59. The predicted octanol–water partition coefficient (Wildman–Crippen LogP) is 3.86. The molecule has 3 aromatic rings. The summed E-state index contributed by atoms with van der Waals surface area (Å²) in [6, 6.07) is 14.2. The molecule has 106 valence electrons. The molecule has 1 heterocycles. The molecule has 3 rings (SSSR count). The molecule has 0 aliphatic rings. The number of hydrogen-bond acceptors (Lipinski definition) is 2. The summed E-state index contributed by atoms with van der Waals surface area (Å²) in [6.45, 7) is 0. The number of rotatable bonds is 3. The quantitative estimate of drug-likeness (QED) is 0.781. The fraction of sp³-hybridized carbons (Fsp3) is 0.0625. The lowest BCUT2D eigenvalue weighted by Crippen LogP contribution is -2.01. The van der Waals surface area contributed by atoms with Crippen LogP contribution in [0.2, 0.25) is 0 Å². The molecule has 0 fully saturated rings. The van der Waals surface area contributed by atoms with Gasteiger partial charge in [0.2, 0.25) is 0 Å². The van der Waals surface area contributed by atoms with Gasteiger partial charge in [-0.1, -0.05) is 30.3 Å². The number of para-hydroxylation sites is 1. The number of aromatic nitrogens is 2. The zero-order chi connectivity index (χ0) is 14.8. The van der Waals surface area contributed by atoms with Gasteiger partial charge < -0.3 is 5.11 Å². The maximum atomic E-state index is 13.5. The molecular formula is C16H12BrFN2O. The SMILES string of the molecule is OC(c1cnn(-c2ccccc2)c1)c1cccc(F)c1Br. The van der Waals surface area contributed by atoms with Crippen LogP contribution in [0.5, 0.6) is 0 Å². The van der Waals surface area contributed by atoms with E-state index in [4.69, 9.17) is 0 Å². The molecule has 0 saturated heterocycles. The van der Waals surface area contributed by atoms with Crippen molar-refractivity contribution in [3.63, 3.8) is 0 Å². The van der Waals surface area contributed by atoms with Crippen LogP contribution in [-0.4, -0.2) is 14.9 Å². The average Bonchev–Trinajstić information content (AvgIpc) is 3.00. The summed E-state index contributed by atoms with van der Waals surface area (Å²) < 4.78 is 15.5. The zero-order valence-electron chi connectivity index (χ0n) is 10.9. The van der Waals surface area contributed by atoms with E-state index in [0.29, 0.717) is 11.1 Å². The topological polar surface area (TPSA) is 38.1 Å². The molecular weight excluding hydrogens is 335 g/mol. The van der Waals surface area contributed by atoms with E-state index in [9.17, 15) is 9.50 Å². The van der Waals surface area contributed by atoms with Gasteiger partial charge in [0.15, 0.2) is 0 Å². The Hall–Kier alpha value is -1.98. The van der Waals surface area contributed by atoms with E-state index in [2.05, 4.69) is 21.0 Å². The van der Waals surface area contributed by atoms with Crippen molar-refractivity contribution < 1.29 is 9.50 Å². The lowest BCUT2D eigenvalue weighted by Gasteiger charge is -2.11. The first-order valence-electron chi connectivity index (χ1n) is 6.39. The molecule has 0 saturated carbocycles. The molecule has 5 heteroatoms. The Balaban J connectivity index is 1.95. The molecule has 0 amide bonds. The second-order valence-electron chi connectivity index (χ2n) is 4.60. The van der Waals surface area contributed by atoms with Crippen molar-refractivity contribution in [3.8, 4) is 5.69 Å². The van der Waals surface area contributed by atoms with Gasteiger partial charge in [-0.3, -0.25) is 0 Å². The second-order valence-corrected chi connectivity index (χ2v) is 5.39. The summed E-state index contributed by atoms with van der Waals surface area (Å²) in [5.41, 5.74) is 1.97. The van der Waals surface area contributed by atoms with Crippen LogP contribution in [0.3, 0.4) is 0 Å². The largest absolute Gasteiger partial charge is 0.383 e. The van der Waals surface area contributed by atoms with Crippen LogP contribution >= 0.6 is 15.9 Å². The van der Waals surface area contributed by atoms with Gasteiger partial charge in [0.25, 0.3) is 0 Å². The molecule has 1 aromatic heterocycles. The third-order valence-electron chi connectivity index (χ3n) is 3.22. The van der Waals surface area contributed by atoms with Crippen molar-refractivity contribution in [2.24, 2.45) is 0 Å². The summed E-state index contributed by atoms with van der Waals surface area (Å²) >= 11 is 3.17. The van der Waals surface area contributed by atoms with Crippen LogP contribution in [0, 0.1) is 5.82 Å². The minimum Gasteiger partial charge on any atom is -0.383 e. The normalized spacial score (nSPS) is 12.3. The Morgan fingerprint density at radius 3 is 2.62 bits per heavy atom. The molecule has 2 aromatic carbocycles. The zero-order valence-corrected chi connectivity index (χ0v) is 12.5. The molecule has 0 aliphatic heterocycles. The monoisotopic (exact) mass is 346 g/mol. The van der Waals surface area contributed by atoms with E-state index in [-0.39, 0.29) is 4.47 Å². The summed E-state index contributed by atoms with van der Waals surface area (Å²) in [6.07, 6.45) is 2.37. The van der Waals surface area contributed by atoms with Crippen molar-refractivity contribution in [1.82, 2.24) is 9.78 Å². The van der Waals surface area contributed by atoms with E-state index in [1.165, 1.54) is 6.07 Å². The van der Waals surface area contributed by atoms with Crippen molar-refractivity contribution in [2.75, 3.05) is 0 Å². The molecule has 1 unspecified atom stereocenters. The highest BCUT2D eigenvalue weighted by Crippen LogP contribution is 2.30. The molecule has 0 aliphatic carbocycles. The van der Waals surface area contributed by atoms with Crippen molar-refractivity contribution in [2.45, 2.75) is 6.10 Å². The lowest BCUT2D eigenvalue weighted by molar-refractivity contribution is 0.219. The average molecular weight is 347 g/mol. The Labute approximate surface area is 129 Å². The van der Waals surface area contributed by atoms with Gasteiger partial charge in [0, 0.05) is 17.3 Å². The third kappa shape index (κ3) is 2.75. The Morgan fingerprint density at radius 1 is 1.10 bits per heavy atom. The number of nitrogens with zero attached hydrogens (tertiary/aromatic N) is 2. The van der Waals surface area contributed by atoms with E-state index >= 15 is 0 Å². The Kier molecular flexibility index (Phi) is 3.86. The highest BCUT2D eigenvalue weighted by molar-refractivity contribution is 9.10. The van der Waals surface area contributed by atoms with Gasteiger partial charge >= 0.3 is 0 Å². The van der Waals surface area contributed by atoms with Crippen molar-refractivity contribution >= 4 is 15.9 Å². The number of aliphatic hydroxyl groups excluding tert-OH is 1. The number of benzene rings is 2. The van der Waals surface area contributed by atoms with Crippen molar-refractivity contribution in [3.05, 3.63) is 82.3 Å². The highest BCUT2D eigenvalue weighted by atomic mass is 79.9. The van der Waals surface area contributed by atoms with Gasteiger partial charge in [-0.25, -0.2) is 9.07 Å². The summed E-state index contributed by atoms with van der Waals surface area (Å²) in [4.78, 5) is 0. The van der Waals surface area contributed by atoms with Crippen LogP contribution in [0.25, 0.3) is 5.69 Å². The van der Waals surface area contributed by atoms with E-state index < -0.39 is 11.9 Å². The Morgan fingerprint density at radius 2 is 1.86 bits per heavy atom. The van der Waals surface area contributed by atoms with Gasteiger partial charge in [0.1, 0.15) is 11.9 Å². The molecule has 3 nitrogen and oxygen atoms in total. The van der Waals surface area contributed by atoms with Crippen LogP contribution in [0.1, 0.15) is 17.2 Å². The number of halogens is 2. The van der Waals surface area contributed by atoms with Gasteiger partial charge in [0.05, 0.1) is 16.4 Å². The molecule has 0 radical (unpaired) electrons. The van der Waals surface area contributed by atoms with E-state index in [1.807, 2.05) is 30.3 Å². The smallest absolute Gasteiger partial charge is 0.137 e. The molecule has 0 bridgehead atoms. The summed E-state index contributed by atoms with van der Waals surface area (Å²) in [5.74, 6) is -0.401. The molecule has 21 heavy (non-hydrogen) atoms. The first-order chi connectivity index (χ1) is 10.2. The van der Waals surface area contributed by atoms with Crippen LogP contribution in [0.4, 0.5) is 4.39 Å². The van der Waals surface area contributed by atoms with Crippen molar-refractivity contribution in [1.29, 1.82) is 0 Å². The third-order valence-corrected chi connectivity index (χ3v) is 4.05. The standard InChI is InChI=1S/C16H12BrFN2O/c17-15-13(7-4-8-14(15)18)16(21)11-9-19-20(10-11)12-5-2-1-3-6-12/h1-10,16,21H. The van der Waals surface area contributed by atoms with Gasteiger partial charge in [-0.2, -0.15) is 5.10 Å². The maximum Gasteiger partial charge on any atom is 0.137 e.